The third kappa shape index (κ3) is 3.60. The third-order valence-electron chi connectivity index (χ3n) is 6.24. The molecule has 5 rings (SSSR count). The summed E-state index contributed by atoms with van der Waals surface area (Å²) in [6, 6.07) is 16.5. The van der Waals surface area contributed by atoms with Crippen LogP contribution in [0, 0.1) is 0 Å². The molecule has 1 aliphatic heterocycles. The van der Waals surface area contributed by atoms with Gasteiger partial charge in [0.1, 0.15) is 6.54 Å². The number of amides is 1. The maximum Gasteiger partial charge on any atom is 0.420 e. The second kappa shape index (κ2) is 7.52. The second-order valence-corrected chi connectivity index (χ2v) is 8.15. The van der Waals surface area contributed by atoms with Gasteiger partial charge in [-0.05, 0) is 55.5 Å². The summed E-state index contributed by atoms with van der Waals surface area (Å²) in [5.74, 6) is -0.629. The minimum absolute atomic E-state index is 0.0127. The minimum Gasteiger partial charge on any atom is -0.408 e. The number of carbonyl (C=O) groups is 1. The lowest BCUT2D eigenvalue weighted by Crippen LogP contribution is -2.51. The molecule has 6 nitrogen and oxygen atoms in total. The number of hydrogen-bond acceptors (Lipinski definition) is 4. The summed E-state index contributed by atoms with van der Waals surface area (Å²) < 4.78 is 6.63. The molecule has 2 aliphatic rings. The van der Waals surface area contributed by atoms with Crippen molar-refractivity contribution in [1.82, 2.24) is 14.8 Å². The molecular weight excluding hydrogens is 366 g/mol. The van der Waals surface area contributed by atoms with Crippen molar-refractivity contribution in [2.45, 2.75) is 44.3 Å². The van der Waals surface area contributed by atoms with Crippen LogP contribution in [0.15, 0.2) is 57.7 Å². The number of piperidine rings is 1. The Labute approximate surface area is 169 Å². The van der Waals surface area contributed by atoms with E-state index in [-0.39, 0.29) is 18.5 Å². The van der Waals surface area contributed by atoms with E-state index in [0.29, 0.717) is 17.1 Å². The minimum atomic E-state index is -0.490. The smallest absolute Gasteiger partial charge is 0.408 e. The van der Waals surface area contributed by atoms with Gasteiger partial charge in [-0.2, -0.15) is 0 Å². The summed E-state index contributed by atoms with van der Waals surface area (Å²) in [4.78, 5) is 27.3. The summed E-state index contributed by atoms with van der Waals surface area (Å²) in [7, 11) is 0. The predicted molar refractivity (Wildman–Crippen MR) is 111 cm³/mol. The molecule has 150 valence electrons. The summed E-state index contributed by atoms with van der Waals surface area (Å²) in [5.41, 5.74) is 4.07. The van der Waals surface area contributed by atoms with E-state index in [2.05, 4.69) is 34.5 Å². The van der Waals surface area contributed by atoms with Crippen LogP contribution in [0.4, 0.5) is 0 Å². The Morgan fingerprint density at radius 2 is 1.79 bits per heavy atom. The van der Waals surface area contributed by atoms with Crippen LogP contribution in [0.25, 0.3) is 11.1 Å². The lowest BCUT2D eigenvalue weighted by Gasteiger charge is -2.37. The number of fused-ring (bicyclic) bond motifs is 2. The topological polar surface area (TPSA) is 67.5 Å². The van der Waals surface area contributed by atoms with Crippen molar-refractivity contribution in [1.29, 1.82) is 0 Å². The number of para-hydroxylation sites is 2. The lowest BCUT2D eigenvalue weighted by atomic mass is 10.0. The Hall–Kier alpha value is -2.86. The molecule has 1 aromatic heterocycles. The quantitative estimate of drug-likeness (QED) is 0.741. The van der Waals surface area contributed by atoms with E-state index in [1.165, 1.54) is 15.7 Å². The van der Waals surface area contributed by atoms with Crippen molar-refractivity contribution >= 4 is 17.0 Å². The molecule has 1 amide bonds. The van der Waals surface area contributed by atoms with Gasteiger partial charge in [0.05, 0.1) is 5.52 Å². The molecule has 2 aromatic carbocycles. The van der Waals surface area contributed by atoms with E-state index in [4.69, 9.17) is 4.42 Å². The molecule has 29 heavy (non-hydrogen) atoms. The highest BCUT2D eigenvalue weighted by Gasteiger charge is 2.31. The van der Waals surface area contributed by atoms with Crippen molar-refractivity contribution < 1.29 is 9.21 Å². The number of benzene rings is 2. The summed E-state index contributed by atoms with van der Waals surface area (Å²) in [5, 5.41) is 3.14. The molecule has 0 saturated carbocycles. The van der Waals surface area contributed by atoms with Gasteiger partial charge >= 0.3 is 5.76 Å². The highest BCUT2D eigenvalue weighted by molar-refractivity contribution is 5.79. The first-order chi connectivity index (χ1) is 14.2. The molecule has 0 radical (unpaired) electrons. The van der Waals surface area contributed by atoms with Crippen molar-refractivity contribution in [3.8, 4) is 0 Å². The Bertz CT molecular complexity index is 1070. The monoisotopic (exact) mass is 391 g/mol. The van der Waals surface area contributed by atoms with Gasteiger partial charge in [0, 0.05) is 18.6 Å². The van der Waals surface area contributed by atoms with Gasteiger partial charge in [-0.1, -0.05) is 36.4 Å². The zero-order chi connectivity index (χ0) is 19.8. The molecule has 6 heteroatoms. The SMILES string of the molecule is O=C(Cn1c(=O)oc2ccccc21)N[C@H]1CCCN(C2Cc3ccccc3C2)C1. The molecule has 0 unspecified atom stereocenters. The first-order valence-corrected chi connectivity index (χ1v) is 10.4. The standard InChI is InChI=1S/C23H25N3O3/c27-22(15-26-20-9-3-4-10-21(20)29-23(26)28)24-18-8-5-11-25(14-18)19-12-16-6-1-2-7-17(16)13-19/h1-4,6-7,9-10,18-19H,5,8,11-15H2,(H,24,27)/t18-/m0/s1. The molecule has 0 bridgehead atoms. The molecular formula is C23H25N3O3. The fraction of sp³-hybridized carbons (Fsp3) is 0.391. The zero-order valence-electron chi connectivity index (χ0n) is 16.3. The van der Waals surface area contributed by atoms with E-state index < -0.39 is 5.76 Å². The molecule has 1 aliphatic carbocycles. The van der Waals surface area contributed by atoms with Gasteiger partial charge < -0.3 is 9.73 Å². The average Bonchev–Trinajstić information content (AvgIpc) is 3.29. The van der Waals surface area contributed by atoms with E-state index in [0.717, 1.165) is 38.8 Å². The largest absolute Gasteiger partial charge is 0.420 e. The van der Waals surface area contributed by atoms with Gasteiger partial charge in [-0.3, -0.25) is 14.3 Å². The van der Waals surface area contributed by atoms with Crippen LogP contribution in [0.1, 0.15) is 24.0 Å². The van der Waals surface area contributed by atoms with Gasteiger partial charge in [0.15, 0.2) is 5.58 Å². The highest BCUT2D eigenvalue weighted by Crippen LogP contribution is 2.27. The second-order valence-electron chi connectivity index (χ2n) is 8.15. The van der Waals surface area contributed by atoms with Gasteiger partial charge in [0.25, 0.3) is 0 Å². The predicted octanol–water partition coefficient (Wildman–Crippen LogP) is 2.34. The van der Waals surface area contributed by atoms with Crippen molar-refractivity contribution in [3.63, 3.8) is 0 Å². The van der Waals surface area contributed by atoms with Gasteiger partial charge in [-0.25, -0.2) is 4.79 Å². The number of rotatable bonds is 4. The van der Waals surface area contributed by atoms with Crippen LogP contribution in [-0.4, -0.2) is 40.5 Å². The summed E-state index contributed by atoms with van der Waals surface area (Å²) >= 11 is 0. The summed E-state index contributed by atoms with van der Waals surface area (Å²) in [6.45, 7) is 1.93. The van der Waals surface area contributed by atoms with E-state index in [9.17, 15) is 9.59 Å². The molecule has 1 atom stereocenters. The van der Waals surface area contributed by atoms with Crippen LogP contribution in [0.2, 0.25) is 0 Å². The van der Waals surface area contributed by atoms with Crippen LogP contribution in [0.3, 0.4) is 0 Å². The third-order valence-corrected chi connectivity index (χ3v) is 6.24. The van der Waals surface area contributed by atoms with E-state index in [1.54, 1.807) is 12.1 Å². The Balaban J connectivity index is 1.22. The molecule has 3 aromatic rings. The van der Waals surface area contributed by atoms with Gasteiger partial charge in [0.2, 0.25) is 5.91 Å². The first-order valence-electron chi connectivity index (χ1n) is 10.4. The normalized spacial score (nSPS) is 20.1. The maximum absolute atomic E-state index is 12.7. The average molecular weight is 391 g/mol. The van der Waals surface area contributed by atoms with Crippen LogP contribution in [-0.2, 0) is 24.2 Å². The molecule has 2 heterocycles. The number of hydrogen-bond donors (Lipinski definition) is 1. The fourth-order valence-electron chi connectivity index (χ4n) is 4.83. The van der Waals surface area contributed by atoms with Crippen LogP contribution >= 0.6 is 0 Å². The maximum atomic E-state index is 12.7. The molecule has 1 saturated heterocycles. The number of carbonyl (C=O) groups excluding carboxylic acids is 1. The first kappa shape index (κ1) is 18.2. The summed E-state index contributed by atoms with van der Waals surface area (Å²) in [6.07, 6.45) is 4.23. The fourth-order valence-corrected chi connectivity index (χ4v) is 4.83. The number of oxazole rings is 1. The van der Waals surface area contributed by atoms with Crippen LogP contribution in [0.5, 0.6) is 0 Å². The Morgan fingerprint density at radius 1 is 1.07 bits per heavy atom. The zero-order valence-corrected chi connectivity index (χ0v) is 16.3. The lowest BCUT2D eigenvalue weighted by molar-refractivity contribution is -0.122. The van der Waals surface area contributed by atoms with Crippen molar-refractivity contribution in [3.05, 3.63) is 70.2 Å². The molecule has 0 spiro atoms. The Morgan fingerprint density at radius 3 is 2.59 bits per heavy atom. The highest BCUT2D eigenvalue weighted by atomic mass is 16.4. The number of nitrogens with zero attached hydrogens (tertiary/aromatic N) is 2. The number of aromatic nitrogens is 1. The van der Waals surface area contributed by atoms with E-state index >= 15 is 0 Å². The molecule has 1 N–H and O–H groups in total. The van der Waals surface area contributed by atoms with E-state index in [1.807, 2.05) is 12.1 Å². The molecule has 1 fully saturated rings. The Kier molecular flexibility index (Phi) is 4.72. The van der Waals surface area contributed by atoms with Gasteiger partial charge in [-0.15, -0.1) is 0 Å². The number of nitrogens with one attached hydrogen (secondary N) is 1. The number of likely N-dealkylation sites (tertiary alicyclic amines) is 1. The van der Waals surface area contributed by atoms with Crippen molar-refractivity contribution in [2.24, 2.45) is 0 Å². The van der Waals surface area contributed by atoms with Crippen LogP contribution < -0.4 is 11.1 Å². The van der Waals surface area contributed by atoms with Crippen molar-refractivity contribution in [2.75, 3.05) is 13.1 Å².